The molecule has 2 N–H and O–H groups in total. The van der Waals surface area contributed by atoms with Gasteiger partial charge in [-0.3, -0.25) is 4.68 Å². The molecular formula is C13H23N3O2S. The van der Waals surface area contributed by atoms with E-state index in [1.165, 1.54) is 19.3 Å². The molecule has 1 aliphatic rings. The summed E-state index contributed by atoms with van der Waals surface area (Å²) in [6.45, 7) is 3.88. The molecule has 108 valence electrons. The number of aromatic nitrogens is 2. The molecule has 0 atom stereocenters. The average Bonchev–Trinajstić information content (AvgIpc) is 2.78. The van der Waals surface area contributed by atoms with Gasteiger partial charge in [0.15, 0.2) is 0 Å². The second-order valence-electron chi connectivity index (χ2n) is 5.21. The molecule has 0 spiro atoms. The third kappa shape index (κ3) is 2.84. The average molecular weight is 285 g/mol. The number of nitrogens with zero attached hydrogens (tertiary/aromatic N) is 2. The lowest BCUT2D eigenvalue weighted by molar-refractivity contribution is 0.321. The van der Waals surface area contributed by atoms with E-state index in [1.54, 1.807) is 0 Å². The summed E-state index contributed by atoms with van der Waals surface area (Å²) in [6, 6.07) is 0.337. The topological polar surface area (TPSA) is 78.0 Å². The third-order valence-corrected chi connectivity index (χ3v) is 4.94. The van der Waals surface area contributed by atoms with E-state index in [0.29, 0.717) is 24.6 Å². The van der Waals surface area contributed by atoms with Gasteiger partial charge in [0, 0.05) is 0 Å². The largest absolute Gasteiger partial charge is 0.265 e. The van der Waals surface area contributed by atoms with Crippen LogP contribution in [0.3, 0.4) is 0 Å². The number of aryl methyl sites for hydroxylation is 1. The molecule has 5 nitrogen and oxygen atoms in total. The summed E-state index contributed by atoms with van der Waals surface area (Å²) in [6.07, 6.45) is 7.07. The second-order valence-corrected chi connectivity index (χ2v) is 6.71. The van der Waals surface area contributed by atoms with E-state index in [9.17, 15) is 8.42 Å². The number of rotatable bonds is 4. The maximum absolute atomic E-state index is 11.8. The van der Waals surface area contributed by atoms with Gasteiger partial charge in [-0.1, -0.05) is 33.1 Å². The number of nitrogens with two attached hydrogens (primary N) is 1. The molecule has 6 heteroatoms. The van der Waals surface area contributed by atoms with Crippen molar-refractivity contribution in [3.63, 3.8) is 0 Å². The Labute approximate surface area is 115 Å². The molecule has 0 unspecified atom stereocenters. The summed E-state index contributed by atoms with van der Waals surface area (Å²) in [5, 5.41) is 9.92. The normalized spacial score (nSPS) is 17.8. The Balaban J connectivity index is 2.52. The number of hydrogen-bond donors (Lipinski definition) is 1. The van der Waals surface area contributed by atoms with Crippen LogP contribution in [-0.4, -0.2) is 18.2 Å². The van der Waals surface area contributed by atoms with Gasteiger partial charge in [0.1, 0.15) is 4.90 Å². The third-order valence-electron chi connectivity index (χ3n) is 3.90. The van der Waals surface area contributed by atoms with E-state index < -0.39 is 10.0 Å². The Morgan fingerprint density at radius 3 is 2.32 bits per heavy atom. The monoisotopic (exact) mass is 285 g/mol. The predicted molar refractivity (Wildman–Crippen MR) is 74.5 cm³/mol. The van der Waals surface area contributed by atoms with E-state index in [-0.39, 0.29) is 4.90 Å². The number of primary sulfonamides is 1. The van der Waals surface area contributed by atoms with Crippen LogP contribution < -0.4 is 5.14 Å². The fourth-order valence-electron chi connectivity index (χ4n) is 3.02. The lowest BCUT2D eigenvalue weighted by Gasteiger charge is -2.23. The molecular weight excluding hydrogens is 262 g/mol. The lowest BCUT2D eigenvalue weighted by atomic mass is 9.95. The Hall–Kier alpha value is -0.880. The van der Waals surface area contributed by atoms with Gasteiger partial charge < -0.3 is 0 Å². The van der Waals surface area contributed by atoms with Crippen molar-refractivity contribution in [3.05, 3.63) is 11.4 Å². The first kappa shape index (κ1) is 14.5. The van der Waals surface area contributed by atoms with E-state index in [2.05, 4.69) is 5.10 Å². The first-order chi connectivity index (χ1) is 8.99. The molecule has 2 rings (SSSR count). The summed E-state index contributed by atoms with van der Waals surface area (Å²) in [5.74, 6) is 0. The lowest BCUT2D eigenvalue weighted by Crippen LogP contribution is -2.19. The van der Waals surface area contributed by atoms with Crippen LogP contribution in [0.2, 0.25) is 0 Å². The molecule has 0 saturated heterocycles. The Kier molecular flexibility index (Phi) is 4.30. The minimum atomic E-state index is -3.69. The Bertz CT molecular complexity index is 542. The minimum Gasteiger partial charge on any atom is -0.265 e. The summed E-state index contributed by atoms with van der Waals surface area (Å²) in [5.41, 5.74) is 1.40. The van der Waals surface area contributed by atoms with E-state index in [4.69, 9.17) is 5.14 Å². The van der Waals surface area contributed by atoms with Gasteiger partial charge >= 0.3 is 0 Å². The SMILES string of the molecule is CCc1nn(C2CCCCC2)c(CC)c1S(N)(=O)=O. The van der Waals surface area contributed by atoms with Gasteiger partial charge in [-0.15, -0.1) is 0 Å². The molecule has 1 aromatic rings. The Morgan fingerprint density at radius 1 is 1.21 bits per heavy atom. The second kappa shape index (κ2) is 5.63. The predicted octanol–water partition coefficient (Wildman–Crippen LogP) is 2.16. The van der Waals surface area contributed by atoms with Gasteiger partial charge in [-0.05, 0) is 25.7 Å². The highest BCUT2D eigenvalue weighted by Gasteiger charge is 2.27. The smallest absolute Gasteiger partial charge is 0.241 e. The summed E-state index contributed by atoms with van der Waals surface area (Å²) < 4.78 is 25.6. The van der Waals surface area contributed by atoms with Gasteiger partial charge in [0.25, 0.3) is 0 Å². The van der Waals surface area contributed by atoms with Crippen LogP contribution in [0.1, 0.15) is 63.4 Å². The quantitative estimate of drug-likeness (QED) is 0.920. The molecule has 0 bridgehead atoms. The van der Waals surface area contributed by atoms with E-state index in [0.717, 1.165) is 18.5 Å². The summed E-state index contributed by atoms with van der Waals surface area (Å²) in [7, 11) is -3.69. The standard InChI is InChI=1S/C13H23N3O2S/c1-3-11-13(19(14,17)18)12(4-2)16(15-11)10-8-6-5-7-9-10/h10H,3-9H2,1-2H3,(H2,14,17,18). The van der Waals surface area contributed by atoms with Crippen LogP contribution in [0.15, 0.2) is 4.90 Å². The van der Waals surface area contributed by atoms with Crippen molar-refractivity contribution in [2.24, 2.45) is 5.14 Å². The van der Waals surface area contributed by atoms with Crippen molar-refractivity contribution in [1.82, 2.24) is 9.78 Å². The molecule has 1 aliphatic carbocycles. The minimum absolute atomic E-state index is 0.267. The van der Waals surface area contributed by atoms with Crippen molar-refractivity contribution < 1.29 is 8.42 Å². The summed E-state index contributed by atoms with van der Waals surface area (Å²) in [4.78, 5) is 0.267. The van der Waals surface area contributed by atoms with Crippen molar-refractivity contribution in [1.29, 1.82) is 0 Å². The van der Waals surface area contributed by atoms with Crippen molar-refractivity contribution in [3.8, 4) is 0 Å². The fourth-order valence-corrected chi connectivity index (χ4v) is 4.10. The highest BCUT2D eigenvalue weighted by atomic mass is 32.2. The first-order valence-electron chi connectivity index (χ1n) is 7.12. The van der Waals surface area contributed by atoms with Crippen LogP contribution in [0.25, 0.3) is 0 Å². The summed E-state index contributed by atoms with van der Waals surface area (Å²) >= 11 is 0. The van der Waals surface area contributed by atoms with Gasteiger partial charge in [0.05, 0.1) is 17.4 Å². The van der Waals surface area contributed by atoms with Crippen molar-refractivity contribution in [2.45, 2.75) is 69.7 Å². The zero-order valence-corrected chi connectivity index (χ0v) is 12.5. The highest BCUT2D eigenvalue weighted by Crippen LogP contribution is 2.32. The fraction of sp³-hybridized carbons (Fsp3) is 0.769. The van der Waals surface area contributed by atoms with Crippen LogP contribution in [0.5, 0.6) is 0 Å². The van der Waals surface area contributed by atoms with Crippen LogP contribution in [0.4, 0.5) is 0 Å². The van der Waals surface area contributed by atoms with Gasteiger partial charge in [0.2, 0.25) is 10.0 Å². The molecule has 0 amide bonds. The Morgan fingerprint density at radius 2 is 1.84 bits per heavy atom. The molecule has 1 fully saturated rings. The van der Waals surface area contributed by atoms with Crippen molar-refractivity contribution >= 4 is 10.0 Å². The van der Waals surface area contributed by atoms with Crippen LogP contribution in [0, 0.1) is 0 Å². The first-order valence-corrected chi connectivity index (χ1v) is 8.66. The maximum Gasteiger partial charge on any atom is 0.241 e. The maximum atomic E-state index is 11.8. The van der Waals surface area contributed by atoms with Crippen LogP contribution >= 0.6 is 0 Å². The molecule has 1 aromatic heterocycles. The molecule has 19 heavy (non-hydrogen) atoms. The van der Waals surface area contributed by atoms with Gasteiger partial charge in [-0.2, -0.15) is 5.10 Å². The molecule has 0 radical (unpaired) electrons. The van der Waals surface area contributed by atoms with Crippen molar-refractivity contribution in [2.75, 3.05) is 0 Å². The highest BCUT2D eigenvalue weighted by molar-refractivity contribution is 7.89. The molecule has 0 aliphatic heterocycles. The van der Waals surface area contributed by atoms with Gasteiger partial charge in [-0.25, -0.2) is 13.6 Å². The molecule has 1 saturated carbocycles. The number of hydrogen-bond acceptors (Lipinski definition) is 3. The van der Waals surface area contributed by atoms with Crippen LogP contribution in [-0.2, 0) is 22.9 Å². The number of sulfonamides is 1. The zero-order chi connectivity index (χ0) is 14.0. The van der Waals surface area contributed by atoms with E-state index in [1.807, 2.05) is 18.5 Å². The zero-order valence-electron chi connectivity index (χ0n) is 11.7. The molecule has 0 aromatic carbocycles. The molecule has 1 heterocycles. The van der Waals surface area contributed by atoms with E-state index >= 15 is 0 Å².